The Kier molecular flexibility index (Phi) is 5.12. The van der Waals surface area contributed by atoms with E-state index in [1.54, 1.807) is 0 Å². The molecule has 1 aliphatic heterocycles. The highest BCUT2D eigenvalue weighted by Crippen LogP contribution is 2.32. The predicted molar refractivity (Wildman–Crippen MR) is 85.2 cm³/mol. The normalized spacial score (nSPS) is 14.1. The summed E-state index contributed by atoms with van der Waals surface area (Å²) in [5.74, 6) is 0.812. The van der Waals surface area contributed by atoms with Crippen molar-refractivity contribution in [3.63, 3.8) is 0 Å². The minimum atomic E-state index is 0.812. The van der Waals surface area contributed by atoms with Gasteiger partial charge in [0.25, 0.3) is 0 Å². The summed E-state index contributed by atoms with van der Waals surface area (Å²) in [5.41, 5.74) is 4.34. The largest absolute Gasteiger partial charge is 0.385 e. The van der Waals surface area contributed by atoms with Crippen LogP contribution in [0.1, 0.15) is 45.6 Å². The number of nitrogens with zero attached hydrogens (tertiary/aromatic N) is 1. The molecule has 0 bridgehead atoms. The molecule has 0 amide bonds. The zero-order chi connectivity index (χ0) is 13.7. The summed E-state index contributed by atoms with van der Waals surface area (Å²) in [6.07, 6.45) is 5.03. The summed E-state index contributed by atoms with van der Waals surface area (Å²) in [6, 6.07) is 6.72. The van der Waals surface area contributed by atoms with Gasteiger partial charge in [0.2, 0.25) is 0 Å². The van der Waals surface area contributed by atoms with Crippen molar-refractivity contribution < 1.29 is 0 Å². The fourth-order valence-electron chi connectivity index (χ4n) is 3.04. The average molecular weight is 260 g/mol. The van der Waals surface area contributed by atoms with Gasteiger partial charge in [-0.25, -0.2) is 0 Å². The number of nitrogens with one attached hydrogen (secondary N) is 1. The third kappa shape index (κ3) is 3.23. The predicted octanol–water partition coefficient (Wildman–Crippen LogP) is 4.31. The van der Waals surface area contributed by atoms with E-state index in [9.17, 15) is 0 Å². The third-order valence-corrected chi connectivity index (χ3v) is 4.43. The molecule has 1 aromatic carbocycles. The van der Waals surface area contributed by atoms with Crippen LogP contribution in [0.2, 0.25) is 0 Å². The second-order valence-corrected chi connectivity index (χ2v) is 5.55. The van der Waals surface area contributed by atoms with E-state index >= 15 is 0 Å². The van der Waals surface area contributed by atoms with Crippen LogP contribution in [0.3, 0.4) is 0 Å². The smallest absolute Gasteiger partial charge is 0.0419 e. The SMILES string of the molecule is CCC(CC)CN(CC)c1cccc2c1CCCN2. The first-order chi connectivity index (χ1) is 9.30. The van der Waals surface area contributed by atoms with Crippen LogP contribution in [0.4, 0.5) is 11.4 Å². The molecule has 1 aliphatic rings. The highest BCUT2D eigenvalue weighted by atomic mass is 15.1. The van der Waals surface area contributed by atoms with Crippen LogP contribution in [-0.2, 0) is 6.42 Å². The van der Waals surface area contributed by atoms with E-state index in [2.05, 4.69) is 49.2 Å². The van der Waals surface area contributed by atoms with Crippen molar-refractivity contribution in [3.8, 4) is 0 Å². The number of anilines is 2. The number of fused-ring (bicyclic) bond motifs is 1. The van der Waals surface area contributed by atoms with Crippen LogP contribution >= 0.6 is 0 Å². The standard InChI is InChI=1S/C17H28N2/c1-4-14(5-2)13-19(6-3)17-11-7-10-16-15(17)9-8-12-18-16/h7,10-11,14,18H,4-6,8-9,12-13H2,1-3H3. The lowest BCUT2D eigenvalue weighted by molar-refractivity contribution is 0.485. The molecular formula is C17H28N2. The van der Waals surface area contributed by atoms with Gasteiger partial charge in [0.05, 0.1) is 0 Å². The van der Waals surface area contributed by atoms with Gasteiger partial charge in [-0.1, -0.05) is 32.8 Å². The molecular weight excluding hydrogens is 232 g/mol. The topological polar surface area (TPSA) is 15.3 Å². The molecule has 0 spiro atoms. The van der Waals surface area contributed by atoms with Gasteiger partial charge in [-0.3, -0.25) is 0 Å². The van der Waals surface area contributed by atoms with Gasteiger partial charge in [-0.15, -0.1) is 0 Å². The third-order valence-electron chi connectivity index (χ3n) is 4.43. The molecule has 1 N–H and O–H groups in total. The maximum atomic E-state index is 3.54. The zero-order valence-corrected chi connectivity index (χ0v) is 12.7. The molecule has 106 valence electrons. The van der Waals surface area contributed by atoms with Crippen LogP contribution < -0.4 is 10.2 Å². The summed E-state index contributed by atoms with van der Waals surface area (Å²) in [4.78, 5) is 2.57. The van der Waals surface area contributed by atoms with Crippen LogP contribution in [0.25, 0.3) is 0 Å². The monoisotopic (exact) mass is 260 g/mol. The number of hydrogen-bond acceptors (Lipinski definition) is 2. The average Bonchev–Trinajstić information content (AvgIpc) is 2.48. The second-order valence-electron chi connectivity index (χ2n) is 5.55. The number of hydrogen-bond donors (Lipinski definition) is 1. The van der Waals surface area contributed by atoms with Gasteiger partial charge in [0.15, 0.2) is 0 Å². The van der Waals surface area contributed by atoms with E-state index in [0.717, 1.165) is 19.0 Å². The Bertz CT molecular complexity index is 396. The maximum Gasteiger partial charge on any atom is 0.0419 e. The van der Waals surface area contributed by atoms with Crippen LogP contribution in [0, 0.1) is 5.92 Å². The van der Waals surface area contributed by atoms with Crippen LogP contribution in [0.5, 0.6) is 0 Å². The minimum absolute atomic E-state index is 0.812. The summed E-state index contributed by atoms with van der Waals surface area (Å²) in [7, 11) is 0. The van der Waals surface area contributed by atoms with Gasteiger partial charge in [-0.2, -0.15) is 0 Å². The minimum Gasteiger partial charge on any atom is -0.385 e. The molecule has 0 aliphatic carbocycles. The van der Waals surface area contributed by atoms with E-state index < -0.39 is 0 Å². The molecule has 0 atom stereocenters. The molecule has 2 nitrogen and oxygen atoms in total. The van der Waals surface area contributed by atoms with Crippen molar-refractivity contribution in [2.45, 2.75) is 46.5 Å². The summed E-state index contributed by atoms with van der Waals surface area (Å²) in [6.45, 7) is 10.3. The Morgan fingerprint density at radius 1 is 1.21 bits per heavy atom. The first-order valence-electron chi connectivity index (χ1n) is 7.90. The van der Waals surface area contributed by atoms with Crippen molar-refractivity contribution in [2.24, 2.45) is 5.92 Å². The first-order valence-corrected chi connectivity index (χ1v) is 7.90. The van der Waals surface area contributed by atoms with Crippen LogP contribution in [0.15, 0.2) is 18.2 Å². The van der Waals surface area contributed by atoms with Gasteiger partial charge in [0.1, 0.15) is 0 Å². The molecule has 2 heteroatoms. The van der Waals surface area contributed by atoms with Crippen molar-refractivity contribution >= 4 is 11.4 Å². The number of rotatable bonds is 6. The molecule has 1 heterocycles. The number of benzene rings is 1. The molecule has 19 heavy (non-hydrogen) atoms. The first kappa shape index (κ1) is 14.2. The van der Waals surface area contributed by atoms with E-state index in [-0.39, 0.29) is 0 Å². The highest BCUT2D eigenvalue weighted by molar-refractivity contribution is 5.67. The van der Waals surface area contributed by atoms with Crippen molar-refractivity contribution in [1.29, 1.82) is 0 Å². The van der Waals surface area contributed by atoms with Gasteiger partial charge in [0, 0.05) is 31.0 Å². The van der Waals surface area contributed by atoms with E-state index in [4.69, 9.17) is 0 Å². The summed E-state index contributed by atoms with van der Waals surface area (Å²) < 4.78 is 0. The van der Waals surface area contributed by atoms with Gasteiger partial charge < -0.3 is 10.2 Å². The lowest BCUT2D eigenvalue weighted by Gasteiger charge is -2.31. The fourth-order valence-corrected chi connectivity index (χ4v) is 3.04. The Morgan fingerprint density at radius 2 is 2.00 bits per heavy atom. The zero-order valence-electron chi connectivity index (χ0n) is 12.7. The maximum absolute atomic E-state index is 3.54. The molecule has 1 aromatic rings. The molecule has 0 fully saturated rings. The Labute approximate surface area is 118 Å². The van der Waals surface area contributed by atoms with E-state index in [1.807, 2.05) is 0 Å². The van der Waals surface area contributed by atoms with Gasteiger partial charge >= 0.3 is 0 Å². The molecule has 0 saturated carbocycles. The van der Waals surface area contributed by atoms with Crippen molar-refractivity contribution in [2.75, 3.05) is 29.9 Å². The van der Waals surface area contributed by atoms with Crippen LogP contribution in [-0.4, -0.2) is 19.6 Å². The fraction of sp³-hybridized carbons (Fsp3) is 0.647. The molecule has 0 radical (unpaired) electrons. The second kappa shape index (κ2) is 6.83. The van der Waals surface area contributed by atoms with Crippen molar-refractivity contribution in [1.82, 2.24) is 0 Å². The lowest BCUT2D eigenvalue weighted by atomic mass is 9.98. The molecule has 2 rings (SSSR count). The lowest BCUT2D eigenvalue weighted by Crippen LogP contribution is -2.30. The molecule has 0 unspecified atom stereocenters. The molecule has 0 saturated heterocycles. The Morgan fingerprint density at radius 3 is 2.68 bits per heavy atom. The summed E-state index contributed by atoms with van der Waals surface area (Å²) in [5, 5.41) is 3.54. The quantitative estimate of drug-likeness (QED) is 0.820. The highest BCUT2D eigenvalue weighted by Gasteiger charge is 2.17. The van der Waals surface area contributed by atoms with E-state index in [1.165, 1.54) is 49.2 Å². The Balaban J connectivity index is 2.22. The van der Waals surface area contributed by atoms with Crippen molar-refractivity contribution in [3.05, 3.63) is 23.8 Å². The Hall–Kier alpha value is -1.18. The van der Waals surface area contributed by atoms with Gasteiger partial charge in [-0.05, 0) is 43.4 Å². The molecule has 0 aromatic heterocycles. The summed E-state index contributed by atoms with van der Waals surface area (Å²) >= 11 is 0. The van der Waals surface area contributed by atoms with E-state index in [0.29, 0.717) is 0 Å².